The van der Waals surface area contributed by atoms with Gasteiger partial charge >= 0.3 is 0 Å². The summed E-state index contributed by atoms with van der Waals surface area (Å²) in [5, 5.41) is 4.24. The molecule has 0 bridgehead atoms. The average molecular weight is 657 g/mol. The second kappa shape index (κ2) is 12.6. The molecule has 0 unspecified atom stereocenters. The molecule has 0 aliphatic rings. The zero-order valence-electron chi connectivity index (χ0n) is 28.0. The van der Waals surface area contributed by atoms with Crippen molar-refractivity contribution in [2.45, 2.75) is 6.92 Å². The third-order valence-corrected chi connectivity index (χ3v) is 9.37. The lowest BCUT2D eigenvalue weighted by molar-refractivity contribution is 0.669. The number of nitrogens with zero attached hydrogens (tertiary/aromatic N) is 4. The Morgan fingerprint density at radius 2 is 1.24 bits per heavy atom. The fourth-order valence-electron chi connectivity index (χ4n) is 7.05. The number of fused-ring (bicyclic) bond motifs is 6. The summed E-state index contributed by atoms with van der Waals surface area (Å²) < 4.78 is 9.05. The molecule has 3 heterocycles. The van der Waals surface area contributed by atoms with Crippen molar-refractivity contribution in [1.29, 1.82) is 0 Å². The Hall–Kier alpha value is -6.85. The van der Waals surface area contributed by atoms with Crippen LogP contribution in [0.2, 0.25) is 0 Å². The molecule has 51 heavy (non-hydrogen) atoms. The maximum absolute atomic E-state index is 6.75. The molecule has 9 rings (SSSR count). The van der Waals surface area contributed by atoms with Crippen molar-refractivity contribution in [1.82, 2.24) is 19.5 Å². The summed E-state index contributed by atoms with van der Waals surface area (Å²) in [4.78, 5) is 15.4. The zero-order valence-corrected chi connectivity index (χ0v) is 28.0. The van der Waals surface area contributed by atoms with Crippen LogP contribution < -0.4 is 0 Å². The molecule has 0 amide bonds. The molecule has 9 aromatic rings. The molecule has 0 fully saturated rings. The predicted octanol–water partition coefficient (Wildman–Crippen LogP) is 12.0. The lowest BCUT2D eigenvalue weighted by Crippen LogP contribution is -2.02. The Balaban J connectivity index is 1.42. The molecule has 5 nitrogen and oxygen atoms in total. The Morgan fingerprint density at radius 1 is 0.608 bits per heavy atom. The van der Waals surface area contributed by atoms with E-state index in [4.69, 9.17) is 19.4 Å². The largest absolute Gasteiger partial charge is 0.456 e. The van der Waals surface area contributed by atoms with Gasteiger partial charge in [-0.3, -0.25) is 0 Å². The van der Waals surface area contributed by atoms with Gasteiger partial charge in [0.25, 0.3) is 0 Å². The first kappa shape index (κ1) is 30.2. The molecule has 0 spiro atoms. The van der Waals surface area contributed by atoms with E-state index < -0.39 is 0 Å². The lowest BCUT2D eigenvalue weighted by atomic mass is 9.93. The second-order valence-corrected chi connectivity index (χ2v) is 12.4. The van der Waals surface area contributed by atoms with Crippen LogP contribution >= 0.6 is 0 Å². The minimum Gasteiger partial charge on any atom is -0.456 e. The van der Waals surface area contributed by atoms with Crippen molar-refractivity contribution in [3.05, 3.63) is 176 Å². The van der Waals surface area contributed by atoms with Crippen molar-refractivity contribution >= 4 is 49.3 Å². The lowest BCUT2D eigenvalue weighted by Gasteiger charge is -2.14. The van der Waals surface area contributed by atoms with E-state index in [9.17, 15) is 0 Å². The molecule has 0 radical (unpaired) electrons. The first-order valence-electron chi connectivity index (χ1n) is 17.0. The van der Waals surface area contributed by atoms with Crippen molar-refractivity contribution in [3.8, 4) is 39.9 Å². The van der Waals surface area contributed by atoms with Gasteiger partial charge in [-0.15, -0.1) is 0 Å². The summed E-state index contributed by atoms with van der Waals surface area (Å²) in [6.07, 6.45) is 8.00. The first-order valence-corrected chi connectivity index (χ1v) is 17.0. The number of allylic oxidation sites excluding steroid dienone is 5. The first-order chi connectivity index (χ1) is 25.2. The molecule has 242 valence electrons. The van der Waals surface area contributed by atoms with E-state index >= 15 is 0 Å². The van der Waals surface area contributed by atoms with Gasteiger partial charge in [0.1, 0.15) is 11.2 Å². The van der Waals surface area contributed by atoms with Gasteiger partial charge in [0.2, 0.25) is 0 Å². The van der Waals surface area contributed by atoms with E-state index in [1.807, 2.05) is 97.9 Å². The van der Waals surface area contributed by atoms with E-state index in [-0.39, 0.29) is 0 Å². The molecule has 0 N–H and O–H groups in total. The number of aromatic nitrogens is 4. The summed E-state index contributed by atoms with van der Waals surface area (Å²) in [6.45, 7) is 6.22. The molecule has 0 atom stereocenters. The van der Waals surface area contributed by atoms with Crippen molar-refractivity contribution < 1.29 is 4.42 Å². The van der Waals surface area contributed by atoms with Crippen molar-refractivity contribution in [2.24, 2.45) is 0 Å². The van der Waals surface area contributed by atoms with E-state index in [2.05, 4.69) is 84.0 Å². The van der Waals surface area contributed by atoms with Crippen LogP contribution in [0.25, 0.3) is 89.2 Å². The average Bonchev–Trinajstić information content (AvgIpc) is 3.72. The maximum atomic E-state index is 6.75. The van der Waals surface area contributed by atoms with Gasteiger partial charge in [-0.05, 0) is 54.5 Å². The minimum absolute atomic E-state index is 0.561. The van der Waals surface area contributed by atoms with Crippen LogP contribution in [0.4, 0.5) is 0 Å². The van der Waals surface area contributed by atoms with E-state index in [1.54, 1.807) is 0 Å². The van der Waals surface area contributed by atoms with Crippen LogP contribution in [0.15, 0.2) is 175 Å². The molecule has 3 aromatic heterocycles. The predicted molar refractivity (Wildman–Crippen MR) is 211 cm³/mol. The number of rotatable bonds is 7. The number of furan rings is 1. The number of hydrogen-bond donors (Lipinski definition) is 0. The Labute approximate surface area is 295 Å². The third-order valence-electron chi connectivity index (χ3n) is 9.37. The molecule has 6 aromatic carbocycles. The smallest absolute Gasteiger partial charge is 0.165 e. The van der Waals surface area contributed by atoms with Crippen molar-refractivity contribution in [2.75, 3.05) is 0 Å². The van der Waals surface area contributed by atoms with Gasteiger partial charge in [-0.2, -0.15) is 0 Å². The maximum Gasteiger partial charge on any atom is 0.165 e. The normalized spacial score (nSPS) is 12.1. The van der Waals surface area contributed by atoms with Gasteiger partial charge in [0.15, 0.2) is 17.5 Å². The summed E-state index contributed by atoms with van der Waals surface area (Å²) >= 11 is 0. The van der Waals surface area contributed by atoms with Crippen LogP contribution in [-0.4, -0.2) is 19.5 Å². The Kier molecular flexibility index (Phi) is 7.44. The highest BCUT2D eigenvalue weighted by atomic mass is 16.3. The second-order valence-electron chi connectivity index (χ2n) is 12.4. The van der Waals surface area contributed by atoms with E-state index in [1.165, 1.54) is 5.39 Å². The summed E-state index contributed by atoms with van der Waals surface area (Å²) in [6, 6.07) is 47.7. The number of benzene rings is 6. The van der Waals surface area contributed by atoms with Gasteiger partial charge < -0.3 is 8.98 Å². The molecular formula is C46H32N4O. The summed E-state index contributed by atoms with van der Waals surface area (Å²) in [5.74, 6) is 1.76. The van der Waals surface area contributed by atoms with Crippen LogP contribution in [-0.2, 0) is 0 Å². The molecule has 0 saturated carbocycles. The van der Waals surface area contributed by atoms with E-state index in [0.717, 1.165) is 71.9 Å². The zero-order chi connectivity index (χ0) is 34.3. The standard InChI is InChI=1S/C46H32N4O/c1-3-5-17-30(4-2)34-26-27-40-42(43(34)46-48-44(31-18-9-6-10-19-31)47-45(49-46)32-20-11-7-12-21-32)37-28-36-35-24-15-16-25-38(35)50(33-22-13-8-14-23-33)39(36)29-41(37)51-40/h3-29H,2H2,1H3/b5-3-,30-17+. The van der Waals surface area contributed by atoms with Crippen LogP contribution in [0.3, 0.4) is 0 Å². The molecule has 5 heteroatoms. The highest BCUT2D eigenvalue weighted by molar-refractivity contribution is 6.21. The molecule has 0 aliphatic heterocycles. The van der Waals surface area contributed by atoms with Gasteiger partial charge in [0.05, 0.1) is 11.0 Å². The SMILES string of the molecule is C=C/C(=C\C=C/C)c1ccc2oc3cc4c(cc3c2c1-c1nc(-c2ccccc2)nc(-c2ccccc2)n1)c1ccccc1n4-c1ccccc1. The van der Waals surface area contributed by atoms with Crippen molar-refractivity contribution in [3.63, 3.8) is 0 Å². The highest BCUT2D eigenvalue weighted by Crippen LogP contribution is 2.44. The number of para-hydroxylation sites is 2. The fourth-order valence-corrected chi connectivity index (χ4v) is 7.05. The quantitative estimate of drug-likeness (QED) is 0.160. The highest BCUT2D eigenvalue weighted by Gasteiger charge is 2.24. The van der Waals surface area contributed by atoms with Gasteiger partial charge in [0, 0.05) is 50.0 Å². The Bertz CT molecular complexity index is 2750. The van der Waals surface area contributed by atoms with Gasteiger partial charge in [-0.25, -0.2) is 15.0 Å². The molecule has 0 aliphatic carbocycles. The van der Waals surface area contributed by atoms with Crippen LogP contribution in [0, 0.1) is 0 Å². The number of hydrogen-bond acceptors (Lipinski definition) is 4. The minimum atomic E-state index is 0.561. The third kappa shape index (κ3) is 5.15. The monoisotopic (exact) mass is 656 g/mol. The summed E-state index contributed by atoms with van der Waals surface area (Å²) in [7, 11) is 0. The topological polar surface area (TPSA) is 56.7 Å². The van der Waals surface area contributed by atoms with Crippen LogP contribution in [0.5, 0.6) is 0 Å². The van der Waals surface area contributed by atoms with E-state index in [0.29, 0.717) is 17.5 Å². The van der Waals surface area contributed by atoms with Gasteiger partial charge in [-0.1, -0.05) is 128 Å². The fraction of sp³-hybridized carbons (Fsp3) is 0.0217. The summed E-state index contributed by atoms with van der Waals surface area (Å²) in [5.41, 5.74) is 9.44. The Morgan fingerprint density at radius 3 is 1.90 bits per heavy atom. The van der Waals surface area contributed by atoms with Crippen LogP contribution in [0.1, 0.15) is 12.5 Å². The molecule has 0 saturated heterocycles. The molecular weight excluding hydrogens is 625 g/mol.